The van der Waals surface area contributed by atoms with Crippen LogP contribution in [0.3, 0.4) is 0 Å². The van der Waals surface area contributed by atoms with Gasteiger partial charge in [-0.3, -0.25) is 14.9 Å². The van der Waals surface area contributed by atoms with Crippen molar-refractivity contribution in [2.75, 3.05) is 37.8 Å². The summed E-state index contributed by atoms with van der Waals surface area (Å²) < 4.78 is 0. The highest BCUT2D eigenvalue weighted by Gasteiger charge is 2.19. The number of aromatic nitrogens is 1. The van der Waals surface area contributed by atoms with Gasteiger partial charge in [0, 0.05) is 38.9 Å². The molecule has 1 amide bonds. The maximum atomic E-state index is 12.5. The SMILES string of the molecule is CN(CCN(C)c1ccccc1)C(=O)c1cc([N+](=O)[O-])cnc1N. The molecule has 0 bridgehead atoms. The van der Waals surface area contributed by atoms with Crippen molar-refractivity contribution in [1.29, 1.82) is 0 Å². The van der Waals surface area contributed by atoms with E-state index in [1.54, 1.807) is 7.05 Å². The van der Waals surface area contributed by atoms with Gasteiger partial charge in [-0.25, -0.2) is 4.98 Å². The van der Waals surface area contributed by atoms with Crippen molar-refractivity contribution in [2.45, 2.75) is 0 Å². The summed E-state index contributed by atoms with van der Waals surface area (Å²) in [7, 11) is 3.55. The average molecular weight is 329 g/mol. The van der Waals surface area contributed by atoms with Gasteiger partial charge in [0.05, 0.1) is 10.5 Å². The fourth-order valence-electron chi connectivity index (χ4n) is 2.15. The summed E-state index contributed by atoms with van der Waals surface area (Å²) in [5, 5.41) is 10.8. The normalized spacial score (nSPS) is 10.2. The quantitative estimate of drug-likeness (QED) is 0.639. The minimum atomic E-state index is -0.605. The average Bonchev–Trinajstić information content (AvgIpc) is 2.59. The molecular weight excluding hydrogens is 310 g/mol. The number of hydrogen-bond donors (Lipinski definition) is 1. The van der Waals surface area contributed by atoms with Crippen molar-refractivity contribution in [3.63, 3.8) is 0 Å². The van der Waals surface area contributed by atoms with Crippen LogP contribution in [0.4, 0.5) is 17.2 Å². The number of amides is 1. The predicted octanol–water partition coefficient (Wildman–Crippen LogP) is 1.78. The van der Waals surface area contributed by atoms with Crippen molar-refractivity contribution >= 4 is 23.1 Å². The van der Waals surface area contributed by atoms with Crippen molar-refractivity contribution < 1.29 is 9.72 Å². The molecule has 0 aliphatic heterocycles. The van der Waals surface area contributed by atoms with E-state index >= 15 is 0 Å². The number of carbonyl (C=O) groups is 1. The number of nitrogens with two attached hydrogens (primary N) is 1. The fraction of sp³-hybridized carbons (Fsp3) is 0.250. The molecule has 0 fully saturated rings. The minimum Gasteiger partial charge on any atom is -0.383 e. The summed E-state index contributed by atoms with van der Waals surface area (Å²) in [5.41, 5.74) is 6.50. The van der Waals surface area contributed by atoms with Crippen LogP contribution < -0.4 is 10.6 Å². The number of carbonyl (C=O) groups excluding carboxylic acids is 1. The maximum Gasteiger partial charge on any atom is 0.288 e. The van der Waals surface area contributed by atoms with Crippen molar-refractivity contribution in [3.8, 4) is 0 Å². The topological polar surface area (TPSA) is 106 Å². The van der Waals surface area contributed by atoms with E-state index in [0.717, 1.165) is 18.0 Å². The lowest BCUT2D eigenvalue weighted by Crippen LogP contribution is -2.35. The molecule has 126 valence electrons. The molecule has 0 saturated heterocycles. The van der Waals surface area contributed by atoms with E-state index in [1.165, 1.54) is 4.90 Å². The lowest BCUT2D eigenvalue weighted by Gasteiger charge is -2.24. The molecule has 0 radical (unpaired) electrons. The molecule has 1 aromatic heterocycles. The molecule has 0 atom stereocenters. The molecule has 2 N–H and O–H groups in total. The number of hydrogen-bond acceptors (Lipinski definition) is 6. The van der Waals surface area contributed by atoms with Crippen LogP contribution in [-0.4, -0.2) is 47.9 Å². The Bertz CT molecular complexity index is 736. The molecule has 0 unspecified atom stereocenters. The Kier molecular flexibility index (Phi) is 5.31. The van der Waals surface area contributed by atoms with Gasteiger partial charge in [-0.05, 0) is 12.1 Å². The summed E-state index contributed by atoms with van der Waals surface area (Å²) >= 11 is 0. The van der Waals surface area contributed by atoms with Gasteiger partial charge >= 0.3 is 0 Å². The third-order valence-corrected chi connectivity index (χ3v) is 3.66. The zero-order valence-corrected chi connectivity index (χ0v) is 13.5. The number of likely N-dealkylation sites (N-methyl/N-ethyl adjacent to an activating group) is 2. The van der Waals surface area contributed by atoms with E-state index in [4.69, 9.17) is 5.73 Å². The first-order valence-corrected chi connectivity index (χ1v) is 7.31. The number of nitrogens with zero attached hydrogens (tertiary/aromatic N) is 4. The van der Waals surface area contributed by atoms with Gasteiger partial charge in [0.1, 0.15) is 12.0 Å². The van der Waals surface area contributed by atoms with E-state index in [0.29, 0.717) is 13.1 Å². The van der Waals surface area contributed by atoms with E-state index < -0.39 is 10.8 Å². The smallest absolute Gasteiger partial charge is 0.288 e. The van der Waals surface area contributed by atoms with Crippen LogP contribution in [0, 0.1) is 10.1 Å². The van der Waals surface area contributed by atoms with Crippen LogP contribution in [-0.2, 0) is 0 Å². The van der Waals surface area contributed by atoms with Crippen LogP contribution in [0.15, 0.2) is 42.6 Å². The number of rotatable bonds is 6. The molecule has 1 aromatic carbocycles. The highest BCUT2D eigenvalue weighted by molar-refractivity contribution is 5.98. The largest absolute Gasteiger partial charge is 0.383 e. The Hall–Kier alpha value is -3.16. The lowest BCUT2D eigenvalue weighted by molar-refractivity contribution is -0.385. The Morgan fingerprint density at radius 3 is 2.54 bits per heavy atom. The molecule has 8 heteroatoms. The summed E-state index contributed by atoms with van der Waals surface area (Å²) in [6, 6.07) is 10.9. The third kappa shape index (κ3) is 3.97. The van der Waals surface area contributed by atoms with E-state index in [-0.39, 0.29) is 17.1 Å². The minimum absolute atomic E-state index is 0.0196. The summed E-state index contributed by atoms with van der Waals surface area (Å²) in [5.74, 6) is -0.418. The van der Waals surface area contributed by atoms with E-state index in [9.17, 15) is 14.9 Å². The molecular formula is C16H19N5O3. The van der Waals surface area contributed by atoms with Crippen LogP contribution in [0.5, 0.6) is 0 Å². The van der Waals surface area contributed by atoms with Crippen molar-refractivity contribution in [1.82, 2.24) is 9.88 Å². The monoisotopic (exact) mass is 329 g/mol. The zero-order valence-electron chi connectivity index (χ0n) is 13.5. The Morgan fingerprint density at radius 2 is 1.92 bits per heavy atom. The lowest BCUT2D eigenvalue weighted by atomic mass is 10.2. The van der Waals surface area contributed by atoms with Gasteiger partial charge in [0.25, 0.3) is 11.6 Å². The summed E-state index contributed by atoms with van der Waals surface area (Å²) in [6.07, 6.45) is 1.04. The second-order valence-electron chi connectivity index (χ2n) is 5.37. The van der Waals surface area contributed by atoms with Crippen molar-refractivity contribution in [3.05, 3.63) is 58.3 Å². The zero-order chi connectivity index (χ0) is 17.7. The highest BCUT2D eigenvalue weighted by atomic mass is 16.6. The first kappa shape index (κ1) is 17.2. The maximum absolute atomic E-state index is 12.5. The van der Waals surface area contributed by atoms with Gasteiger partial charge in [-0.15, -0.1) is 0 Å². The third-order valence-electron chi connectivity index (χ3n) is 3.66. The second-order valence-corrected chi connectivity index (χ2v) is 5.37. The van der Waals surface area contributed by atoms with Crippen LogP contribution >= 0.6 is 0 Å². The molecule has 2 rings (SSSR count). The highest BCUT2D eigenvalue weighted by Crippen LogP contribution is 2.18. The molecule has 24 heavy (non-hydrogen) atoms. The van der Waals surface area contributed by atoms with E-state index in [2.05, 4.69) is 4.98 Å². The molecule has 0 saturated carbocycles. The van der Waals surface area contributed by atoms with Gasteiger partial charge in [-0.2, -0.15) is 0 Å². The fourth-order valence-corrected chi connectivity index (χ4v) is 2.15. The van der Waals surface area contributed by atoms with Gasteiger partial charge in [0.15, 0.2) is 0 Å². The molecule has 0 spiro atoms. The molecule has 1 heterocycles. The summed E-state index contributed by atoms with van der Waals surface area (Å²) in [6.45, 7) is 1.04. The first-order valence-electron chi connectivity index (χ1n) is 7.31. The Morgan fingerprint density at radius 1 is 1.25 bits per heavy atom. The predicted molar refractivity (Wildman–Crippen MR) is 92.0 cm³/mol. The van der Waals surface area contributed by atoms with Crippen LogP contribution in [0.1, 0.15) is 10.4 Å². The first-order chi connectivity index (χ1) is 11.4. The number of benzene rings is 1. The standard InChI is InChI=1S/C16H19N5O3/c1-19(12-6-4-3-5-7-12)8-9-20(2)16(22)14-10-13(21(23)24)11-18-15(14)17/h3-7,10-11H,8-9H2,1-2H3,(H2,17,18). The van der Waals surface area contributed by atoms with Gasteiger partial charge < -0.3 is 15.5 Å². The number of para-hydroxylation sites is 1. The number of nitrogen functional groups attached to an aromatic ring is 1. The van der Waals surface area contributed by atoms with Gasteiger partial charge in [0.2, 0.25) is 0 Å². The van der Waals surface area contributed by atoms with Gasteiger partial charge in [-0.1, -0.05) is 18.2 Å². The second kappa shape index (κ2) is 7.40. The molecule has 8 nitrogen and oxygen atoms in total. The molecule has 2 aromatic rings. The van der Waals surface area contributed by atoms with Crippen LogP contribution in [0.2, 0.25) is 0 Å². The van der Waals surface area contributed by atoms with E-state index in [1.807, 2.05) is 42.3 Å². The number of nitro groups is 1. The van der Waals surface area contributed by atoms with Crippen LogP contribution in [0.25, 0.3) is 0 Å². The van der Waals surface area contributed by atoms with Crippen molar-refractivity contribution in [2.24, 2.45) is 0 Å². The molecule has 0 aliphatic rings. The Balaban J connectivity index is 2.04. The Labute approximate surface area is 139 Å². The summed E-state index contributed by atoms with van der Waals surface area (Å²) in [4.78, 5) is 29.9. The number of pyridine rings is 1. The number of anilines is 2. The molecule has 0 aliphatic carbocycles.